The third-order valence-corrected chi connectivity index (χ3v) is 4.39. The number of amides is 1. The van der Waals surface area contributed by atoms with Crippen molar-refractivity contribution in [1.29, 1.82) is 0 Å². The Morgan fingerprint density at radius 2 is 2.09 bits per heavy atom. The first-order chi connectivity index (χ1) is 10.6. The topological polar surface area (TPSA) is 64.2 Å². The molecule has 3 rings (SSSR count). The Labute approximate surface area is 134 Å². The van der Waals surface area contributed by atoms with Gasteiger partial charge in [-0.25, -0.2) is 0 Å². The average Bonchev–Trinajstić information content (AvgIpc) is 2.87. The van der Waals surface area contributed by atoms with Crippen LogP contribution in [-0.2, 0) is 19.5 Å². The summed E-state index contributed by atoms with van der Waals surface area (Å²) >= 11 is 5.92. The van der Waals surface area contributed by atoms with Crippen molar-refractivity contribution in [3.05, 3.63) is 51.8 Å². The fraction of sp³-hybridized carbons (Fsp3) is 0.375. The van der Waals surface area contributed by atoms with Crippen molar-refractivity contribution in [3.8, 4) is 0 Å². The number of halogens is 1. The summed E-state index contributed by atoms with van der Waals surface area (Å²) in [5.41, 5.74) is 9.11. The van der Waals surface area contributed by atoms with Crippen LogP contribution in [0.25, 0.3) is 0 Å². The number of rotatable bonds is 4. The summed E-state index contributed by atoms with van der Waals surface area (Å²) in [5, 5.41) is 5.17. The van der Waals surface area contributed by atoms with E-state index in [1.165, 1.54) is 0 Å². The Morgan fingerprint density at radius 3 is 2.73 bits per heavy atom. The van der Waals surface area contributed by atoms with E-state index >= 15 is 0 Å². The summed E-state index contributed by atoms with van der Waals surface area (Å²) in [6.45, 7) is 5.42. The number of benzene rings is 1. The number of likely N-dealkylation sites (N-methyl/N-ethyl adjacent to an activating group) is 1. The monoisotopic (exact) mass is 318 g/mol. The smallest absolute Gasteiger partial charge is 0.269 e. The molecule has 0 aliphatic carbocycles. The Balaban J connectivity index is 1.95. The Kier molecular flexibility index (Phi) is 4.18. The number of primary amides is 1. The lowest BCUT2D eigenvalue weighted by Crippen LogP contribution is -2.31. The van der Waals surface area contributed by atoms with E-state index in [4.69, 9.17) is 17.3 Å². The van der Waals surface area contributed by atoms with Crippen molar-refractivity contribution in [3.63, 3.8) is 0 Å². The van der Waals surface area contributed by atoms with E-state index in [0.29, 0.717) is 17.3 Å². The number of aromatic nitrogens is 2. The predicted octanol–water partition coefficient (Wildman–Crippen LogP) is 2.06. The molecule has 1 aromatic heterocycles. The van der Waals surface area contributed by atoms with Crippen LogP contribution in [0.15, 0.2) is 24.3 Å². The van der Waals surface area contributed by atoms with Crippen LogP contribution in [0, 0.1) is 0 Å². The minimum Gasteiger partial charge on any atom is -0.364 e. The summed E-state index contributed by atoms with van der Waals surface area (Å²) in [4.78, 5) is 14.0. The highest BCUT2D eigenvalue weighted by molar-refractivity contribution is 6.30. The molecule has 2 heterocycles. The molecule has 5 nitrogen and oxygen atoms in total. The number of nitrogens with two attached hydrogens (primary N) is 1. The molecule has 2 aromatic rings. The molecular weight excluding hydrogens is 300 g/mol. The lowest BCUT2D eigenvalue weighted by molar-refractivity contribution is 0.0992. The summed E-state index contributed by atoms with van der Waals surface area (Å²) < 4.78 is 1.91. The second-order valence-electron chi connectivity index (χ2n) is 5.54. The number of carbonyl (C=O) groups is 1. The zero-order valence-electron chi connectivity index (χ0n) is 12.6. The summed E-state index contributed by atoms with van der Waals surface area (Å²) in [5.74, 6) is -0.455. The number of nitrogens with zero attached hydrogens (tertiary/aromatic N) is 3. The molecule has 2 N–H and O–H groups in total. The van der Waals surface area contributed by atoms with Crippen molar-refractivity contribution in [2.24, 2.45) is 5.73 Å². The molecule has 0 bridgehead atoms. The van der Waals surface area contributed by atoms with E-state index in [9.17, 15) is 4.79 Å². The van der Waals surface area contributed by atoms with Crippen LogP contribution >= 0.6 is 11.6 Å². The van der Waals surface area contributed by atoms with Crippen LogP contribution in [0.5, 0.6) is 0 Å². The van der Waals surface area contributed by atoms with Gasteiger partial charge in [-0.15, -0.1) is 0 Å². The second-order valence-corrected chi connectivity index (χ2v) is 5.98. The third-order valence-electron chi connectivity index (χ3n) is 4.14. The van der Waals surface area contributed by atoms with Gasteiger partial charge >= 0.3 is 0 Å². The molecule has 0 radical (unpaired) electrons. The van der Waals surface area contributed by atoms with Crippen molar-refractivity contribution >= 4 is 17.5 Å². The van der Waals surface area contributed by atoms with Gasteiger partial charge in [0.15, 0.2) is 5.69 Å². The standard InChI is InChI=1S/C16H19ClN4O/c1-2-20-8-7-14-13(10-20)15(16(18)22)19-21(14)9-11-3-5-12(17)6-4-11/h3-6H,2,7-10H2,1H3,(H2,18,22). The number of fused-ring (bicyclic) bond motifs is 1. The molecule has 22 heavy (non-hydrogen) atoms. The second kappa shape index (κ2) is 6.10. The molecular formula is C16H19ClN4O. The fourth-order valence-electron chi connectivity index (χ4n) is 2.91. The molecule has 1 amide bonds. The highest BCUT2D eigenvalue weighted by Crippen LogP contribution is 2.23. The van der Waals surface area contributed by atoms with Gasteiger partial charge in [0, 0.05) is 35.8 Å². The molecule has 0 fully saturated rings. The van der Waals surface area contributed by atoms with Gasteiger partial charge in [-0.1, -0.05) is 30.7 Å². The van der Waals surface area contributed by atoms with Crippen LogP contribution in [0.2, 0.25) is 5.02 Å². The molecule has 0 unspecified atom stereocenters. The SMILES string of the molecule is CCN1CCc2c(c(C(N)=O)nn2Cc2ccc(Cl)cc2)C1. The van der Waals surface area contributed by atoms with Gasteiger partial charge in [-0.3, -0.25) is 14.4 Å². The lowest BCUT2D eigenvalue weighted by Gasteiger charge is -2.26. The maximum absolute atomic E-state index is 11.7. The quantitative estimate of drug-likeness (QED) is 0.938. The number of hydrogen-bond donors (Lipinski definition) is 1. The summed E-state index contributed by atoms with van der Waals surface area (Å²) in [6.07, 6.45) is 0.886. The number of carbonyl (C=O) groups excluding carboxylic acids is 1. The van der Waals surface area contributed by atoms with Crippen LogP contribution in [0.3, 0.4) is 0 Å². The van der Waals surface area contributed by atoms with Crippen molar-refractivity contribution in [1.82, 2.24) is 14.7 Å². The van der Waals surface area contributed by atoms with E-state index < -0.39 is 5.91 Å². The fourth-order valence-corrected chi connectivity index (χ4v) is 3.03. The molecule has 1 aliphatic heterocycles. The minimum absolute atomic E-state index is 0.405. The molecule has 0 atom stereocenters. The van der Waals surface area contributed by atoms with Gasteiger partial charge in [0.1, 0.15) is 0 Å². The first-order valence-corrected chi connectivity index (χ1v) is 7.81. The van der Waals surface area contributed by atoms with Gasteiger partial charge < -0.3 is 5.73 Å². The van der Waals surface area contributed by atoms with Crippen molar-refractivity contribution < 1.29 is 4.79 Å². The van der Waals surface area contributed by atoms with Crippen molar-refractivity contribution in [2.75, 3.05) is 13.1 Å². The van der Waals surface area contributed by atoms with E-state index in [1.807, 2.05) is 28.9 Å². The largest absolute Gasteiger partial charge is 0.364 e. The van der Waals surface area contributed by atoms with Crippen molar-refractivity contribution in [2.45, 2.75) is 26.4 Å². The van der Waals surface area contributed by atoms with Crippen LogP contribution in [0.1, 0.15) is 34.2 Å². The predicted molar refractivity (Wildman–Crippen MR) is 86.0 cm³/mol. The molecule has 1 aliphatic rings. The molecule has 0 saturated carbocycles. The maximum Gasteiger partial charge on any atom is 0.269 e. The molecule has 1 aromatic carbocycles. The van der Waals surface area contributed by atoms with E-state index in [0.717, 1.165) is 42.9 Å². The Bertz CT molecular complexity index is 693. The van der Waals surface area contributed by atoms with Crippen LogP contribution < -0.4 is 5.73 Å². The lowest BCUT2D eigenvalue weighted by atomic mass is 10.0. The minimum atomic E-state index is -0.455. The van der Waals surface area contributed by atoms with Crippen LogP contribution in [-0.4, -0.2) is 33.7 Å². The Hall–Kier alpha value is -1.85. The third kappa shape index (κ3) is 2.87. The van der Waals surface area contributed by atoms with Gasteiger partial charge in [-0.05, 0) is 24.2 Å². The van der Waals surface area contributed by atoms with Gasteiger partial charge in [-0.2, -0.15) is 5.10 Å². The Morgan fingerprint density at radius 1 is 1.36 bits per heavy atom. The van der Waals surface area contributed by atoms with Gasteiger partial charge in [0.25, 0.3) is 5.91 Å². The molecule has 116 valence electrons. The summed E-state index contributed by atoms with van der Waals surface area (Å²) in [7, 11) is 0. The van der Waals surface area contributed by atoms with E-state index in [-0.39, 0.29) is 0 Å². The maximum atomic E-state index is 11.7. The first-order valence-electron chi connectivity index (χ1n) is 7.43. The highest BCUT2D eigenvalue weighted by Gasteiger charge is 2.26. The summed E-state index contributed by atoms with van der Waals surface area (Å²) in [6, 6.07) is 7.67. The van der Waals surface area contributed by atoms with Crippen LogP contribution in [0.4, 0.5) is 0 Å². The zero-order valence-corrected chi connectivity index (χ0v) is 13.3. The van der Waals surface area contributed by atoms with Gasteiger partial charge in [0.05, 0.1) is 6.54 Å². The molecule has 6 heteroatoms. The van der Waals surface area contributed by atoms with Gasteiger partial charge in [0.2, 0.25) is 0 Å². The molecule has 0 spiro atoms. The average molecular weight is 319 g/mol. The zero-order chi connectivity index (χ0) is 15.7. The number of hydrogen-bond acceptors (Lipinski definition) is 3. The highest BCUT2D eigenvalue weighted by atomic mass is 35.5. The first kappa shape index (κ1) is 15.1. The normalized spacial score (nSPS) is 14.8. The van der Waals surface area contributed by atoms with E-state index in [2.05, 4.69) is 16.9 Å². The molecule has 0 saturated heterocycles. The van der Waals surface area contributed by atoms with E-state index in [1.54, 1.807) is 0 Å².